The van der Waals surface area contributed by atoms with Gasteiger partial charge in [0.05, 0.1) is 14.2 Å². The van der Waals surface area contributed by atoms with Crippen molar-refractivity contribution < 1.29 is 23.1 Å². The molecule has 0 aliphatic rings. The second-order valence-electron chi connectivity index (χ2n) is 4.85. The lowest BCUT2D eigenvalue weighted by Crippen LogP contribution is -2.06. The second kappa shape index (κ2) is 7.64. The Kier molecular flexibility index (Phi) is 5.83. The zero-order valence-corrected chi connectivity index (χ0v) is 14.6. The lowest BCUT2D eigenvalue weighted by Gasteiger charge is -2.25. The van der Waals surface area contributed by atoms with Gasteiger partial charge in [0, 0.05) is 14.2 Å². The summed E-state index contributed by atoms with van der Waals surface area (Å²) in [6, 6.07) is 14.7. The summed E-state index contributed by atoms with van der Waals surface area (Å²) >= 11 is 0. The molecule has 2 aromatic carbocycles. The quantitative estimate of drug-likeness (QED) is 0.707. The highest BCUT2D eigenvalue weighted by Crippen LogP contribution is 2.62. The van der Waals surface area contributed by atoms with Crippen LogP contribution in [0.1, 0.15) is 16.8 Å². The van der Waals surface area contributed by atoms with Crippen molar-refractivity contribution in [2.24, 2.45) is 0 Å². The zero-order chi connectivity index (χ0) is 16.9. The Morgan fingerprint density at radius 3 is 1.30 bits per heavy atom. The molecule has 0 amide bonds. The maximum atomic E-state index is 13.1. The molecule has 6 heteroatoms. The molecule has 5 nitrogen and oxygen atoms in total. The zero-order valence-electron chi connectivity index (χ0n) is 13.7. The van der Waals surface area contributed by atoms with E-state index in [1.54, 1.807) is 14.2 Å². The molecule has 0 fully saturated rings. The van der Waals surface area contributed by atoms with Crippen LogP contribution in [0.4, 0.5) is 0 Å². The fraction of sp³-hybridized carbons (Fsp3) is 0.294. The number of methoxy groups -OCH3 is 2. The first kappa shape index (κ1) is 17.5. The van der Waals surface area contributed by atoms with Gasteiger partial charge in [0.15, 0.2) is 0 Å². The van der Waals surface area contributed by atoms with Crippen LogP contribution in [0.25, 0.3) is 0 Å². The topological polar surface area (TPSA) is 54.0 Å². The minimum absolute atomic E-state index is 0.533. The molecule has 0 spiro atoms. The number of hydrogen-bond donors (Lipinski definition) is 0. The first-order valence-electron chi connectivity index (χ1n) is 7.07. The molecule has 23 heavy (non-hydrogen) atoms. The van der Waals surface area contributed by atoms with Crippen LogP contribution in [0.15, 0.2) is 48.5 Å². The second-order valence-corrected chi connectivity index (χ2v) is 7.18. The molecule has 0 aliphatic carbocycles. The maximum Gasteiger partial charge on any atom is 0.341 e. The molecule has 0 N–H and O–H groups in total. The van der Waals surface area contributed by atoms with Crippen LogP contribution in [0.2, 0.25) is 0 Å². The van der Waals surface area contributed by atoms with Gasteiger partial charge in [0.2, 0.25) is 0 Å². The molecule has 0 aromatic heterocycles. The SMILES string of the molecule is COc1ccc(C(c2ccc(OC)cc2)P(=O)(OC)OC)cc1. The maximum absolute atomic E-state index is 13.1. The molecular formula is C17H21O5P. The molecule has 124 valence electrons. The summed E-state index contributed by atoms with van der Waals surface area (Å²) in [5.41, 5.74) is 1.11. The highest BCUT2D eigenvalue weighted by Gasteiger charge is 2.36. The van der Waals surface area contributed by atoms with Gasteiger partial charge in [0.25, 0.3) is 0 Å². The van der Waals surface area contributed by atoms with Crippen LogP contribution < -0.4 is 9.47 Å². The van der Waals surface area contributed by atoms with Crippen LogP contribution in [-0.4, -0.2) is 28.4 Å². The van der Waals surface area contributed by atoms with E-state index in [1.165, 1.54) is 14.2 Å². The lowest BCUT2D eigenvalue weighted by molar-refractivity contribution is 0.269. The molecule has 0 unspecified atom stereocenters. The highest BCUT2D eigenvalue weighted by atomic mass is 31.2. The largest absolute Gasteiger partial charge is 0.497 e. The normalized spacial score (nSPS) is 11.5. The van der Waals surface area contributed by atoms with E-state index in [4.69, 9.17) is 18.5 Å². The standard InChI is InChI=1S/C17H21O5P/c1-19-15-9-5-13(6-10-15)17(23(18,21-3)22-4)14-7-11-16(20-2)12-8-14/h5-12,17H,1-4H3. The third-order valence-corrected chi connectivity index (χ3v) is 5.93. The van der Waals surface area contributed by atoms with Gasteiger partial charge < -0.3 is 18.5 Å². The van der Waals surface area contributed by atoms with Crippen molar-refractivity contribution in [2.75, 3.05) is 28.4 Å². The van der Waals surface area contributed by atoms with Crippen molar-refractivity contribution >= 4 is 7.60 Å². The van der Waals surface area contributed by atoms with Crippen molar-refractivity contribution in [3.05, 3.63) is 59.7 Å². The molecule has 0 aliphatic heterocycles. The first-order valence-corrected chi connectivity index (χ1v) is 8.68. The van der Waals surface area contributed by atoms with E-state index in [0.29, 0.717) is 0 Å². The molecule has 0 bridgehead atoms. The Bertz CT molecular complexity index is 611. The number of benzene rings is 2. The predicted octanol–water partition coefficient (Wildman–Crippen LogP) is 4.28. The van der Waals surface area contributed by atoms with Gasteiger partial charge in [-0.3, -0.25) is 4.57 Å². The van der Waals surface area contributed by atoms with E-state index in [0.717, 1.165) is 22.6 Å². The van der Waals surface area contributed by atoms with Gasteiger partial charge in [-0.05, 0) is 35.4 Å². The predicted molar refractivity (Wildman–Crippen MR) is 89.5 cm³/mol. The minimum Gasteiger partial charge on any atom is -0.497 e. The molecule has 2 aromatic rings. The minimum atomic E-state index is -3.36. The summed E-state index contributed by atoms with van der Waals surface area (Å²) in [7, 11) is 2.63. The van der Waals surface area contributed by atoms with Gasteiger partial charge in [-0.2, -0.15) is 0 Å². The molecule has 0 saturated carbocycles. The van der Waals surface area contributed by atoms with Gasteiger partial charge in [-0.1, -0.05) is 24.3 Å². The molecule has 0 heterocycles. The number of ether oxygens (including phenoxy) is 2. The Labute approximate surface area is 136 Å². The molecule has 0 radical (unpaired) electrons. The fourth-order valence-electron chi connectivity index (χ4n) is 2.42. The van der Waals surface area contributed by atoms with E-state index in [1.807, 2.05) is 48.5 Å². The Hall–Kier alpha value is -1.81. The van der Waals surface area contributed by atoms with Gasteiger partial charge in [-0.25, -0.2) is 0 Å². The molecule has 0 atom stereocenters. The monoisotopic (exact) mass is 336 g/mol. The average molecular weight is 336 g/mol. The Balaban J connectivity index is 2.51. The van der Waals surface area contributed by atoms with E-state index in [9.17, 15) is 4.57 Å². The lowest BCUT2D eigenvalue weighted by atomic mass is 10.0. The van der Waals surface area contributed by atoms with Crippen molar-refractivity contribution in [3.8, 4) is 11.5 Å². The van der Waals surface area contributed by atoms with Gasteiger partial charge >= 0.3 is 7.60 Å². The van der Waals surface area contributed by atoms with Crippen LogP contribution in [-0.2, 0) is 13.6 Å². The van der Waals surface area contributed by atoms with Crippen molar-refractivity contribution in [1.29, 1.82) is 0 Å². The van der Waals surface area contributed by atoms with Crippen LogP contribution in [0.5, 0.6) is 11.5 Å². The first-order chi connectivity index (χ1) is 11.1. The number of rotatable bonds is 7. The summed E-state index contributed by atoms with van der Waals surface area (Å²) in [6.45, 7) is 0. The molecule has 0 saturated heterocycles. The average Bonchev–Trinajstić information content (AvgIpc) is 2.62. The highest BCUT2D eigenvalue weighted by molar-refractivity contribution is 7.54. The third-order valence-electron chi connectivity index (χ3n) is 3.69. The summed E-state index contributed by atoms with van der Waals surface area (Å²) < 4.78 is 33.9. The van der Waals surface area contributed by atoms with Gasteiger partial charge in [0.1, 0.15) is 17.2 Å². The fourth-order valence-corrected chi connectivity index (χ4v) is 4.06. The van der Waals surface area contributed by atoms with Crippen molar-refractivity contribution in [3.63, 3.8) is 0 Å². The summed E-state index contributed by atoms with van der Waals surface area (Å²) in [5.74, 6) is 1.46. The third kappa shape index (κ3) is 3.75. The Morgan fingerprint density at radius 2 is 1.04 bits per heavy atom. The smallest absolute Gasteiger partial charge is 0.341 e. The molecular weight excluding hydrogens is 315 g/mol. The molecule has 2 rings (SSSR count). The van der Waals surface area contributed by atoms with E-state index < -0.39 is 13.3 Å². The number of hydrogen-bond acceptors (Lipinski definition) is 5. The summed E-state index contributed by atoms with van der Waals surface area (Å²) in [6.07, 6.45) is 0. The van der Waals surface area contributed by atoms with E-state index in [2.05, 4.69) is 0 Å². The summed E-state index contributed by atoms with van der Waals surface area (Å²) in [5, 5.41) is 0. The van der Waals surface area contributed by atoms with E-state index in [-0.39, 0.29) is 0 Å². The summed E-state index contributed by atoms with van der Waals surface area (Å²) in [4.78, 5) is 0. The Morgan fingerprint density at radius 1 is 0.696 bits per heavy atom. The van der Waals surface area contributed by atoms with Crippen LogP contribution >= 0.6 is 7.60 Å². The van der Waals surface area contributed by atoms with Crippen molar-refractivity contribution in [1.82, 2.24) is 0 Å². The van der Waals surface area contributed by atoms with Crippen molar-refractivity contribution in [2.45, 2.75) is 5.66 Å². The van der Waals surface area contributed by atoms with E-state index >= 15 is 0 Å². The van der Waals surface area contributed by atoms with Gasteiger partial charge in [-0.15, -0.1) is 0 Å². The van der Waals surface area contributed by atoms with Crippen LogP contribution in [0.3, 0.4) is 0 Å². The van der Waals surface area contributed by atoms with Crippen LogP contribution in [0, 0.1) is 0 Å².